The van der Waals surface area contributed by atoms with E-state index < -0.39 is 0 Å². The van der Waals surface area contributed by atoms with E-state index in [2.05, 4.69) is 5.32 Å². The van der Waals surface area contributed by atoms with Crippen molar-refractivity contribution in [2.75, 3.05) is 26.3 Å². The molecule has 2 fully saturated rings. The Balaban J connectivity index is 1.46. The first-order valence-electron chi connectivity index (χ1n) is 9.19. The molecule has 0 radical (unpaired) electrons. The molecule has 26 heavy (non-hydrogen) atoms. The predicted molar refractivity (Wildman–Crippen MR) is 93.2 cm³/mol. The van der Waals surface area contributed by atoms with E-state index in [0.717, 1.165) is 13.0 Å². The topological polar surface area (TPSA) is 67.9 Å². The van der Waals surface area contributed by atoms with Gasteiger partial charge in [-0.3, -0.25) is 9.59 Å². The summed E-state index contributed by atoms with van der Waals surface area (Å²) < 4.78 is 24.6. The van der Waals surface area contributed by atoms with Gasteiger partial charge in [0.15, 0.2) is 0 Å². The van der Waals surface area contributed by atoms with E-state index in [1.807, 2.05) is 4.90 Å². The van der Waals surface area contributed by atoms with Crippen LogP contribution in [0.5, 0.6) is 5.75 Å². The molecule has 2 aliphatic heterocycles. The van der Waals surface area contributed by atoms with Crippen LogP contribution in [0, 0.1) is 5.82 Å². The van der Waals surface area contributed by atoms with Crippen LogP contribution in [0.1, 0.15) is 32.1 Å². The summed E-state index contributed by atoms with van der Waals surface area (Å²) in [5.74, 6) is 0.179. The SMILES string of the molecule is O=C(CCCN1CCCC1=O)N[C@@H]1CCOC[C@H]1Oc1cccc(F)c1. The highest BCUT2D eigenvalue weighted by atomic mass is 19.1. The van der Waals surface area contributed by atoms with Gasteiger partial charge in [-0.05, 0) is 31.4 Å². The quantitative estimate of drug-likeness (QED) is 0.802. The van der Waals surface area contributed by atoms with E-state index in [0.29, 0.717) is 51.2 Å². The van der Waals surface area contributed by atoms with Gasteiger partial charge in [0, 0.05) is 38.6 Å². The van der Waals surface area contributed by atoms with Gasteiger partial charge in [0.05, 0.1) is 12.6 Å². The van der Waals surface area contributed by atoms with Crippen molar-refractivity contribution in [3.05, 3.63) is 30.1 Å². The number of nitrogens with zero attached hydrogens (tertiary/aromatic N) is 1. The van der Waals surface area contributed by atoms with Gasteiger partial charge in [-0.15, -0.1) is 0 Å². The average Bonchev–Trinajstić information content (AvgIpc) is 3.02. The number of benzene rings is 1. The molecule has 0 aromatic heterocycles. The molecule has 2 saturated heterocycles. The minimum atomic E-state index is -0.365. The van der Waals surface area contributed by atoms with Crippen LogP contribution in [0.2, 0.25) is 0 Å². The maximum atomic E-state index is 13.3. The van der Waals surface area contributed by atoms with Crippen molar-refractivity contribution in [1.29, 1.82) is 0 Å². The molecule has 2 amide bonds. The van der Waals surface area contributed by atoms with Crippen LogP contribution in [0.25, 0.3) is 0 Å². The Morgan fingerprint density at radius 3 is 3.08 bits per heavy atom. The molecule has 1 aromatic rings. The molecule has 2 heterocycles. The second kappa shape index (κ2) is 8.98. The van der Waals surface area contributed by atoms with Crippen LogP contribution in [0.3, 0.4) is 0 Å². The third-order valence-corrected chi connectivity index (χ3v) is 4.74. The van der Waals surface area contributed by atoms with Crippen LogP contribution in [0.4, 0.5) is 4.39 Å². The molecule has 7 heteroatoms. The van der Waals surface area contributed by atoms with E-state index in [-0.39, 0.29) is 29.8 Å². The summed E-state index contributed by atoms with van der Waals surface area (Å²) in [5, 5.41) is 3.00. The Hall–Kier alpha value is -2.15. The van der Waals surface area contributed by atoms with Crippen LogP contribution < -0.4 is 10.1 Å². The lowest BCUT2D eigenvalue weighted by atomic mass is 10.1. The Morgan fingerprint density at radius 2 is 2.31 bits per heavy atom. The Morgan fingerprint density at radius 1 is 1.42 bits per heavy atom. The lowest BCUT2D eigenvalue weighted by Crippen LogP contribution is -2.51. The zero-order valence-electron chi connectivity index (χ0n) is 14.8. The summed E-state index contributed by atoms with van der Waals surface area (Å²) in [6.07, 6.45) is 2.84. The number of hydrogen-bond acceptors (Lipinski definition) is 4. The third kappa shape index (κ3) is 5.17. The summed E-state index contributed by atoms with van der Waals surface area (Å²) in [6, 6.07) is 5.77. The fraction of sp³-hybridized carbons (Fsp3) is 0.579. The Bertz CT molecular complexity index is 640. The van der Waals surface area contributed by atoms with Crippen molar-refractivity contribution in [3.63, 3.8) is 0 Å². The molecule has 6 nitrogen and oxygen atoms in total. The van der Waals surface area contributed by atoms with Gasteiger partial charge in [0.1, 0.15) is 17.7 Å². The summed E-state index contributed by atoms with van der Waals surface area (Å²) in [4.78, 5) is 25.6. The number of likely N-dealkylation sites (tertiary alicyclic amines) is 1. The molecular weight excluding hydrogens is 339 g/mol. The largest absolute Gasteiger partial charge is 0.486 e. The molecular formula is C19H25FN2O4. The number of carbonyl (C=O) groups excluding carboxylic acids is 2. The second-order valence-corrected chi connectivity index (χ2v) is 6.74. The third-order valence-electron chi connectivity index (χ3n) is 4.74. The van der Waals surface area contributed by atoms with E-state index in [4.69, 9.17) is 9.47 Å². The van der Waals surface area contributed by atoms with E-state index in [1.54, 1.807) is 12.1 Å². The van der Waals surface area contributed by atoms with Gasteiger partial charge in [0.25, 0.3) is 0 Å². The van der Waals surface area contributed by atoms with Crippen LogP contribution in [0.15, 0.2) is 24.3 Å². The van der Waals surface area contributed by atoms with Crippen molar-refractivity contribution in [2.24, 2.45) is 0 Å². The summed E-state index contributed by atoms with van der Waals surface area (Å²) in [5.41, 5.74) is 0. The lowest BCUT2D eigenvalue weighted by Gasteiger charge is -2.32. The average molecular weight is 364 g/mol. The first-order chi connectivity index (χ1) is 12.6. The normalized spacial score (nSPS) is 23.1. The highest BCUT2D eigenvalue weighted by Gasteiger charge is 2.29. The van der Waals surface area contributed by atoms with Crippen LogP contribution in [-0.4, -0.2) is 55.2 Å². The van der Waals surface area contributed by atoms with Gasteiger partial charge in [-0.2, -0.15) is 0 Å². The molecule has 0 saturated carbocycles. The highest BCUT2D eigenvalue weighted by molar-refractivity contribution is 5.78. The van der Waals surface area contributed by atoms with Crippen molar-refractivity contribution >= 4 is 11.8 Å². The number of rotatable bonds is 7. The monoisotopic (exact) mass is 364 g/mol. The van der Waals surface area contributed by atoms with Gasteiger partial charge in [0.2, 0.25) is 11.8 Å². The zero-order chi connectivity index (χ0) is 18.4. The van der Waals surface area contributed by atoms with E-state index in [1.165, 1.54) is 12.1 Å². The van der Waals surface area contributed by atoms with Gasteiger partial charge in [-0.25, -0.2) is 4.39 Å². The maximum Gasteiger partial charge on any atom is 0.222 e. The first-order valence-corrected chi connectivity index (χ1v) is 9.19. The highest BCUT2D eigenvalue weighted by Crippen LogP contribution is 2.19. The maximum absolute atomic E-state index is 13.3. The Labute approximate surface area is 152 Å². The lowest BCUT2D eigenvalue weighted by molar-refractivity contribution is -0.128. The summed E-state index contributed by atoms with van der Waals surface area (Å²) >= 11 is 0. The zero-order valence-corrected chi connectivity index (χ0v) is 14.8. The molecule has 1 N–H and O–H groups in total. The molecule has 3 rings (SSSR count). The summed E-state index contributed by atoms with van der Waals surface area (Å²) in [7, 11) is 0. The molecule has 0 aliphatic carbocycles. The smallest absolute Gasteiger partial charge is 0.222 e. The number of amides is 2. The Kier molecular flexibility index (Phi) is 6.44. The number of nitrogens with one attached hydrogen (secondary N) is 1. The molecule has 0 spiro atoms. The summed E-state index contributed by atoms with van der Waals surface area (Å²) in [6.45, 7) is 2.33. The van der Waals surface area contributed by atoms with Crippen molar-refractivity contribution in [2.45, 2.75) is 44.2 Å². The predicted octanol–water partition coefficient (Wildman–Crippen LogP) is 1.88. The molecule has 2 aliphatic rings. The van der Waals surface area contributed by atoms with Crippen molar-refractivity contribution in [1.82, 2.24) is 10.2 Å². The molecule has 0 unspecified atom stereocenters. The van der Waals surface area contributed by atoms with Crippen LogP contribution in [-0.2, 0) is 14.3 Å². The second-order valence-electron chi connectivity index (χ2n) is 6.74. The van der Waals surface area contributed by atoms with Gasteiger partial charge < -0.3 is 19.7 Å². The van der Waals surface area contributed by atoms with Gasteiger partial charge in [-0.1, -0.05) is 6.07 Å². The number of halogens is 1. The fourth-order valence-electron chi connectivity index (χ4n) is 3.36. The van der Waals surface area contributed by atoms with Gasteiger partial charge >= 0.3 is 0 Å². The standard InChI is InChI=1S/C19H25FN2O4/c20-14-4-1-5-15(12-14)26-17-13-25-11-8-16(17)21-18(23)6-2-9-22-10-3-7-19(22)24/h1,4-5,12,16-17H,2-3,6-11,13H2,(H,21,23)/t16-,17-/m1/s1. The van der Waals surface area contributed by atoms with Crippen molar-refractivity contribution < 1.29 is 23.5 Å². The first kappa shape index (κ1) is 18.6. The minimum Gasteiger partial charge on any atom is -0.486 e. The number of hydrogen-bond donors (Lipinski definition) is 1. The molecule has 2 atom stereocenters. The van der Waals surface area contributed by atoms with E-state index in [9.17, 15) is 14.0 Å². The van der Waals surface area contributed by atoms with Crippen molar-refractivity contribution in [3.8, 4) is 5.75 Å². The van der Waals surface area contributed by atoms with E-state index >= 15 is 0 Å². The molecule has 1 aromatic carbocycles. The fourth-order valence-corrected chi connectivity index (χ4v) is 3.36. The molecule has 142 valence electrons. The van der Waals surface area contributed by atoms with Crippen LogP contribution >= 0.6 is 0 Å². The minimum absolute atomic E-state index is 0.0589. The number of carbonyl (C=O) groups is 2. The number of ether oxygens (including phenoxy) is 2. The molecule has 0 bridgehead atoms.